The van der Waals surface area contributed by atoms with Gasteiger partial charge in [-0.25, -0.2) is 4.79 Å². The molecule has 1 aromatic heterocycles. The summed E-state index contributed by atoms with van der Waals surface area (Å²) in [5.41, 5.74) is 2.93. The van der Waals surface area contributed by atoms with Crippen molar-refractivity contribution in [1.29, 1.82) is 0 Å². The van der Waals surface area contributed by atoms with Gasteiger partial charge in [-0.05, 0) is 54.1 Å². The monoisotopic (exact) mass is 349 g/mol. The van der Waals surface area contributed by atoms with E-state index in [1.165, 1.54) is 7.11 Å². The number of amides is 2. The number of nitrogens with one attached hydrogen (secondary N) is 2. The molecular weight excluding hydrogens is 330 g/mol. The van der Waals surface area contributed by atoms with E-state index in [2.05, 4.69) is 19.9 Å². The predicted octanol–water partition coefficient (Wildman–Crippen LogP) is 3.97. The molecule has 3 aromatic rings. The second-order valence-corrected chi connectivity index (χ2v) is 5.70. The third-order valence-corrected chi connectivity index (χ3v) is 3.82. The largest absolute Gasteiger partial charge is 0.453 e. The van der Waals surface area contributed by atoms with E-state index in [-0.39, 0.29) is 5.91 Å². The maximum absolute atomic E-state index is 12.3. The molecule has 6 heteroatoms. The Morgan fingerprint density at radius 3 is 2.04 bits per heavy atom. The number of anilines is 2. The number of carbonyl (C=O) groups excluding carboxylic acids is 2. The topological polar surface area (TPSA) is 72.4 Å². The Bertz CT molecular complexity index is 870. The molecule has 0 saturated heterocycles. The molecule has 0 bridgehead atoms. The fraction of sp³-hybridized carbons (Fsp3) is 0.100. The van der Waals surface area contributed by atoms with Crippen LogP contribution in [0, 0.1) is 0 Å². The number of hydrogen-bond acceptors (Lipinski definition) is 3. The molecule has 0 unspecified atom stereocenters. The quantitative estimate of drug-likeness (QED) is 0.732. The van der Waals surface area contributed by atoms with Gasteiger partial charge in [0.15, 0.2) is 0 Å². The minimum atomic E-state index is -0.540. The molecule has 3 rings (SSSR count). The van der Waals surface area contributed by atoms with E-state index in [0.717, 1.165) is 12.1 Å². The van der Waals surface area contributed by atoms with Gasteiger partial charge in [0.2, 0.25) is 0 Å². The summed E-state index contributed by atoms with van der Waals surface area (Å²) >= 11 is 0. The number of carbonyl (C=O) groups is 2. The Labute approximate surface area is 151 Å². The third kappa shape index (κ3) is 4.51. The molecule has 0 fully saturated rings. The van der Waals surface area contributed by atoms with Crippen LogP contribution in [0.3, 0.4) is 0 Å². The van der Waals surface area contributed by atoms with Crippen LogP contribution in [-0.2, 0) is 11.3 Å². The first-order valence-corrected chi connectivity index (χ1v) is 8.10. The zero-order chi connectivity index (χ0) is 18.4. The summed E-state index contributed by atoms with van der Waals surface area (Å²) in [6.45, 7) is 0.767. The molecule has 0 spiro atoms. The van der Waals surface area contributed by atoms with E-state index < -0.39 is 6.09 Å². The summed E-state index contributed by atoms with van der Waals surface area (Å²) in [5.74, 6) is -0.189. The van der Waals surface area contributed by atoms with E-state index in [1.807, 2.05) is 36.7 Å². The highest BCUT2D eigenvalue weighted by atomic mass is 16.5. The van der Waals surface area contributed by atoms with E-state index in [0.29, 0.717) is 16.9 Å². The van der Waals surface area contributed by atoms with Crippen molar-refractivity contribution in [2.24, 2.45) is 0 Å². The zero-order valence-corrected chi connectivity index (χ0v) is 14.3. The minimum absolute atomic E-state index is 0.189. The first kappa shape index (κ1) is 17.3. The predicted molar refractivity (Wildman–Crippen MR) is 100 cm³/mol. The number of rotatable bonds is 5. The average molecular weight is 349 g/mol. The molecule has 0 aliphatic heterocycles. The van der Waals surface area contributed by atoms with Crippen LogP contribution in [0.2, 0.25) is 0 Å². The second kappa shape index (κ2) is 8.02. The van der Waals surface area contributed by atoms with Crippen LogP contribution >= 0.6 is 0 Å². The maximum Gasteiger partial charge on any atom is 0.411 e. The lowest BCUT2D eigenvalue weighted by molar-refractivity contribution is 0.102. The van der Waals surface area contributed by atoms with Crippen LogP contribution in [0.4, 0.5) is 16.2 Å². The number of hydrogen-bond donors (Lipinski definition) is 2. The van der Waals surface area contributed by atoms with Gasteiger partial charge in [-0.2, -0.15) is 0 Å². The molecule has 26 heavy (non-hydrogen) atoms. The lowest BCUT2D eigenvalue weighted by Gasteiger charge is -2.08. The molecule has 2 N–H and O–H groups in total. The van der Waals surface area contributed by atoms with Gasteiger partial charge in [0.1, 0.15) is 0 Å². The van der Waals surface area contributed by atoms with Crippen LogP contribution in [0.15, 0.2) is 73.1 Å². The fourth-order valence-electron chi connectivity index (χ4n) is 2.46. The Hall–Kier alpha value is -3.54. The van der Waals surface area contributed by atoms with Crippen molar-refractivity contribution < 1.29 is 14.3 Å². The fourth-order valence-corrected chi connectivity index (χ4v) is 2.46. The van der Waals surface area contributed by atoms with Crippen LogP contribution < -0.4 is 10.6 Å². The van der Waals surface area contributed by atoms with Gasteiger partial charge >= 0.3 is 6.09 Å². The average Bonchev–Trinajstić information content (AvgIpc) is 3.17. The molecule has 2 aromatic carbocycles. The van der Waals surface area contributed by atoms with Crippen LogP contribution in [-0.4, -0.2) is 23.7 Å². The second-order valence-electron chi connectivity index (χ2n) is 5.70. The summed E-state index contributed by atoms with van der Waals surface area (Å²) in [5, 5.41) is 5.38. The van der Waals surface area contributed by atoms with Gasteiger partial charge in [-0.15, -0.1) is 0 Å². The van der Waals surface area contributed by atoms with Gasteiger partial charge in [-0.3, -0.25) is 10.1 Å². The molecule has 0 saturated carbocycles. The van der Waals surface area contributed by atoms with Gasteiger partial charge in [0.05, 0.1) is 7.11 Å². The van der Waals surface area contributed by atoms with Crippen molar-refractivity contribution in [3.63, 3.8) is 0 Å². The zero-order valence-electron chi connectivity index (χ0n) is 14.3. The molecule has 0 aliphatic rings. The number of ether oxygens (including phenoxy) is 1. The SMILES string of the molecule is COC(=O)Nc1ccc(NC(=O)c2ccc(Cn3cccc3)cc2)cc1. The standard InChI is InChI=1S/C20H19N3O3/c1-26-20(25)22-18-10-8-17(9-11-18)21-19(24)16-6-4-15(5-7-16)14-23-12-2-3-13-23/h2-13H,14H2,1H3,(H,21,24)(H,22,25). The van der Waals surface area contributed by atoms with Crippen molar-refractivity contribution in [1.82, 2.24) is 4.57 Å². The molecule has 0 radical (unpaired) electrons. The molecule has 1 heterocycles. The summed E-state index contributed by atoms with van der Waals surface area (Å²) in [7, 11) is 1.30. The highest BCUT2D eigenvalue weighted by Crippen LogP contribution is 2.15. The maximum atomic E-state index is 12.3. The normalized spacial score (nSPS) is 10.2. The summed E-state index contributed by atoms with van der Waals surface area (Å²) in [6.07, 6.45) is 3.46. The van der Waals surface area contributed by atoms with Crippen LogP contribution in [0.5, 0.6) is 0 Å². The van der Waals surface area contributed by atoms with E-state index in [1.54, 1.807) is 36.4 Å². The first-order valence-electron chi connectivity index (χ1n) is 8.10. The lowest BCUT2D eigenvalue weighted by Crippen LogP contribution is -2.13. The smallest absolute Gasteiger partial charge is 0.411 e. The minimum Gasteiger partial charge on any atom is -0.453 e. The van der Waals surface area contributed by atoms with E-state index in [4.69, 9.17) is 0 Å². The summed E-state index contributed by atoms with van der Waals surface area (Å²) in [4.78, 5) is 23.5. The van der Waals surface area contributed by atoms with Gasteiger partial charge < -0.3 is 14.6 Å². The van der Waals surface area contributed by atoms with Crippen LogP contribution in [0.1, 0.15) is 15.9 Å². The van der Waals surface area contributed by atoms with E-state index in [9.17, 15) is 9.59 Å². The van der Waals surface area contributed by atoms with Gasteiger partial charge in [0.25, 0.3) is 5.91 Å². The van der Waals surface area contributed by atoms with Crippen molar-refractivity contribution in [3.05, 3.63) is 84.2 Å². The molecule has 0 aliphatic carbocycles. The Balaban J connectivity index is 1.59. The number of nitrogens with zero attached hydrogens (tertiary/aromatic N) is 1. The van der Waals surface area contributed by atoms with Crippen molar-refractivity contribution in [2.45, 2.75) is 6.54 Å². The molecule has 6 nitrogen and oxygen atoms in total. The first-order chi connectivity index (χ1) is 12.6. The van der Waals surface area contributed by atoms with Gasteiger partial charge in [-0.1, -0.05) is 12.1 Å². The number of aromatic nitrogens is 1. The Morgan fingerprint density at radius 2 is 1.46 bits per heavy atom. The number of benzene rings is 2. The molecular formula is C20H19N3O3. The van der Waals surface area contributed by atoms with Crippen molar-refractivity contribution >= 4 is 23.4 Å². The Kier molecular flexibility index (Phi) is 5.34. The molecule has 2 amide bonds. The molecule has 0 atom stereocenters. The molecule has 132 valence electrons. The van der Waals surface area contributed by atoms with Gasteiger partial charge in [0, 0.05) is 35.9 Å². The summed E-state index contributed by atoms with van der Waals surface area (Å²) in [6, 6.07) is 18.3. The van der Waals surface area contributed by atoms with Crippen molar-refractivity contribution in [2.75, 3.05) is 17.7 Å². The lowest BCUT2D eigenvalue weighted by atomic mass is 10.1. The van der Waals surface area contributed by atoms with E-state index >= 15 is 0 Å². The highest BCUT2D eigenvalue weighted by molar-refractivity contribution is 6.04. The van der Waals surface area contributed by atoms with Crippen molar-refractivity contribution in [3.8, 4) is 0 Å². The summed E-state index contributed by atoms with van der Waals surface area (Å²) < 4.78 is 6.60. The third-order valence-electron chi connectivity index (χ3n) is 3.82. The number of methoxy groups -OCH3 is 1. The highest BCUT2D eigenvalue weighted by Gasteiger charge is 2.07. The Morgan fingerprint density at radius 1 is 0.885 bits per heavy atom. The van der Waals surface area contributed by atoms with Crippen LogP contribution in [0.25, 0.3) is 0 Å².